The second-order valence-electron chi connectivity index (χ2n) is 9.46. The van der Waals surface area contributed by atoms with Crippen molar-refractivity contribution in [3.8, 4) is 0 Å². The molecule has 3 heterocycles. The zero-order valence-electron chi connectivity index (χ0n) is 18.4. The topological polar surface area (TPSA) is 78.1 Å². The molecule has 2 N–H and O–H groups in total. The number of carbonyl (C=O) groups excluding carboxylic acids is 2. The third kappa shape index (κ3) is 3.57. The molecule has 2 aliphatic rings. The number of hydrogen-bond donors (Lipinski definition) is 2. The predicted octanol–water partition coefficient (Wildman–Crippen LogP) is 4.86. The van der Waals surface area contributed by atoms with Crippen molar-refractivity contribution in [2.75, 3.05) is 6.54 Å². The number of nitrogens with one attached hydrogen (secondary N) is 2. The Morgan fingerprint density at radius 2 is 1.97 bits per heavy atom. The van der Waals surface area contributed by atoms with Gasteiger partial charge in [-0.05, 0) is 59.3 Å². The van der Waals surface area contributed by atoms with Crippen LogP contribution in [0, 0.1) is 14.9 Å². The highest BCUT2D eigenvalue weighted by Crippen LogP contribution is 2.54. The van der Waals surface area contributed by atoms with Crippen molar-refractivity contribution in [3.05, 3.63) is 63.0 Å². The molecule has 1 aliphatic carbocycles. The summed E-state index contributed by atoms with van der Waals surface area (Å²) in [7, 11) is 0. The number of pyridine rings is 1. The van der Waals surface area contributed by atoms with Crippen molar-refractivity contribution in [3.63, 3.8) is 0 Å². The van der Waals surface area contributed by atoms with Gasteiger partial charge in [-0.1, -0.05) is 13.8 Å². The number of H-pyrrole nitrogens is 1. The lowest BCUT2D eigenvalue weighted by atomic mass is 9.56. The number of rotatable bonds is 3. The first-order valence-corrected chi connectivity index (χ1v) is 12.0. The first-order chi connectivity index (χ1) is 16.0. The van der Waals surface area contributed by atoms with Gasteiger partial charge in [0, 0.05) is 51.3 Å². The third-order valence-corrected chi connectivity index (χ3v) is 8.11. The summed E-state index contributed by atoms with van der Waals surface area (Å²) < 4.78 is 39.3. The van der Waals surface area contributed by atoms with Crippen LogP contribution in [0.4, 0.5) is 13.2 Å². The number of fused-ring (bicyclic) bond motifs is 2. The molecule has 0 radical (unpaired) electrons. The molecule has 0 bridgehead atoms. The molecule has 6 nitrogen and oxygen atoms in total. The van der Waals surface area contributed by atoms with Crippen molar-refractivity contribution in [1.82, 2.24) is 20.2 Å². The van der Waals surface area contributed by atoms with Gasteiger partial charge < -0.3 is 15.2 Å². The summed E-state index contributed by atoms with van der Waals surface area (Å²) in [5.41, 5.74) is 0.280. The van der Waals surface area contributed by atoms with E-state index in [-0.39, 0.29) is 38.9 Å². The SMILES string of the molecule is CC1(C)C(NC(=O)c2ccnc3[nH]ccc23)C2CCN(C(=O)c3ccc(C(F)(F)F)cc3I)C21. The molecule has 1 aromatic carbocycles. The van der Waals surface area contributed by atoms with Gasteiger partial charge in [0.1, 0.15) is 5.65 Å². The van der Waals surface area contributed by atoms with Crippen LogP contribution in [0.15, 0.2) is 42.7 Å². The number of aromatic amines is 1. The number of hydrogen-bond acceptors (Lipinski definition) is 3. The van der Waals surface area contributed by atoms with E-state index >= 15 is 0 Å². The largest absolute Gasteiger partial charge is 0.416 e. The van der Waals surface area contributed by atoms with Crippen LogP contribution in [0.25, 0.3) is 11.0 Å². The smallest absolute Gasteiger partial charge is 0.348 e. The molecule has 1 saturated carbocycles. The van der Waals surface area contributed by atoms with Crippen LogP contribution in [0.2, 0.25) is 0 Å². The molecule has 2 amide bonds. The van der Waals surface area contributed by atoms with Gasteiger partial charge in [0.15, 0.2) is 0 Å². The average molecular weight is 582 g/mol. The van der Waals surface area contributed by atoms with Crippen LogP contribution < -0.4 is 5.32 Å². The first kappa shape index (κ1) is 23.1. The van der Waals surface area contributed by atoms with Crippen molar-refractivity contribution in [2.24, 2.45) is 11.3 Å². The number of carbonyl (C=O) groups is 2. The van der Waals surface area contributed by atoms with Crippen LogP contribution in [0.1, 0.15) is 46.5 Å². The van der Waals surface area contributed by atoms with Gasteiger partial charge in [-0.25, -0.2) is 4.98 Å². The van der Waals surface area contributed by atoms with Gasteiger partial charge in [-0.3, -0.25) is 9.59 Å². The molecule has 0 spiro atoms. The van der Waals surface area contributed by atoms with Gasteiger partial charge >= 0.3 is 6.18 Å². The third-order valence-electron chi connectivity index (χ3n) is 7.22. The second-order valence-corrected chi connectivity index (χ2v) is 10.6. The summed E-state index contributed by atoms with van der Waals surface area (Å²) in [6, 6.07) is 6.49. The Morgan fingerprint density at radius 3 is 2.68 bits per heavy atom. The number of alkyl halides is 3. The van der Waals surface area contributed by atoms with Crippen LogP contribution in [-0.4, -0.2) is 45.3 Å². The van der Waals surface area contributed by atoms with E-state index in [2.05, 4.69) is 15.3 Å². The van der Waals surface area contributed by atoms with Crippen molar-refractivity contribution in [2.45, 2.75) is 38.5 Å². The Kier molecular flexibility index (Phi) is 5.41. The van der Waals surface area contributed by atoms with Crippen LogP contribution >= 0.6 is 22.6 Å². The average Bonchev–Trinajstić information content (AvgIpc) is 3.42. The number of likely N-dealkylation sites (tertiary alicyclic amines) is 1. The highest BCUT2D eigenvalue weighted by Gasteiger charge is 2.62. The molecule has 34 heavy (non-hydrogen) atoms. The Balaban J connectivity index is 1.34. The van der Waals surface area contributed by atoms with Crippen molar-refractivity contribution < 1.29 is 22.8 Å². The van der Waals surface area contributed by atoms with Crippen molar-refractivity contribution in [1.29, 1.82) is 0 Å². The van der Waals surface area contributed by atoms with Crippen LogP contribution in [0.3, 0.4) is 0 Å². The summed E-state index contributed by atoms with van der Waals surface area (Å²) in [5, 5.41) is 3.91. The van der Waals surface area contributed by atoms with E-state index < -0.39 is 17.2 Å². The van der Waals surface area contributed by atoms with Gasteiger partial charge in [-0.15, -0.1) is 0 Å². The quantitative estimate of drug-likeness (QED) is 0.434. The molecule has 3 aromatic rings. The minimum Gasteiger partial charge on any atom is -0.348 e. The van der Waals surface area contributed by atoms with E-state index in [1.807, 2.05) is 19.9 Å². The maximum absolute atomic E-state index is 13.3. The van der Waals surface area contributed by atoms with E-state index in [1.165, 1.54) is 6.07 Å². The highest BCUT2D eigenvalue weighted by molar-refractivity contribution is 14.1. The maximum atomic E-state index is 13.3. The summed E-state index contributed by atoms with van der Waals surface area (Å²) in [6.07, 6.45) is -0.411. The molecular formula is C24H22F3IN4O2. The molecule has 3 atom stereocenters. The molecule has 1 aliphatic heterocycles. The summed E-state index contributed by atoms with van der Waals surface area (Å²) in [5.74, 6) is -0.379. The van der Waals surface area contributed by atoms with E-state index in [4.69, 9.17) is 0 Å². The number of benzene rings is 1. The lowest BCUT2D eigenvalue weighted by molar-refractivity contribution is -0.137. The number of nitrogens with zero attached hydrogens (tertiary/aromatic N) is 2. The van der Waals surface area contributed by atoms with Gasteiger partial charge in [0.2, 0.25) is 0 Å². The fourth-order valence-electron chi connectivity index (χ4n) is 5.65. The zero-order valence-corrected chi connectivity index (χ0v) is 20.6. The highest BCUT2D eigenvalue weighted by atomic mass is 127. The van der Waals surface area contributed by atoms with E-state index in [0.717, 1.165) is 23.9 Å². The Morgan fingerprint density at radius 1 is 1.21 bits per heavy atom. The van der Waals surface area contributed by atoms with E-state index in [1.54, 1.807) is 46.0 Å². The molecule has 1 saturated heterocycles. The molecule has 2 aromatic heterocycles. The standard InChI is InChI=1S/C24H22F3IN4O2/c1-23(2)18(31-21(33)14-6-9-30-20-13(14)5-8-29-20)16-7-10-32(19(16)23)22(34)15-4-3-12(11-17(15)28)24(25,26)27/h3-6,8-9,11,16,18-19H,7,10H2,1-2H3,(H,29,30)(H,31,33). The Bertz CT molecular complexity index is 1300. The predicted molar refractivity (Wildman–Crippen MR) is 128 cm³/mol. The molecule has 178 valence electrons. The summed E-state index contributed by atoms with van der Waals surface area (Å²) in [4.78, 5) is 35.4. The summed E-state index contributed by atoms with van der Waals surface area (Å²) in [6.45, 7) is 4.53. The van der Waals surface area contributed by atoms with Gasteiger partial charge in [0.25, 0.3) is 11.8 Å². The monoisotopic (exact) mass is 582 g/mol. The first-order valence-electron chi connectivity index (χ1n) is 10.9. The van der Waals surface area contributed by atoms with Gasteiger partial charge in [0.05, 0.1) is 16.7 Å². The van der Waals surface area contributed by atoms with Crippen LogP contribution in [0.5, 0.6) is 0 Å². The van der Waals surface area contributed by atoms with E-state index in [9.17, 15) is 22.8 Å². The number of amides is 2. The van der Waals surface area contributed by atoms with Crippen molar-refractivity contribution >= 4 is 45.4 Å². The molecule has 3 unspecified atom stereocenters. The van der Waals surface area contributed by atoms with Gasteiger partial charge in [-0.2, -0.15) is 13.2 Å². The molecule has 2 fully saturated rings. The number of aromatic nitrogens is 2. The Hall–Kier alpha value is -2.63. The minimum atomic E-state index is -4.46. The fourth-order valence-corrected chi connectivity index (χ4v) is 6.40. The normalized spacial score (nSPS) is 23.5. The fraction of sp³-hybridized carbons (Fsp3) is 0.375. The number of halogens is 4. The van der Waals surface area contributed by atoms with Crippen LogP contribution in [-0.2, 0) is 6.18 Å². The minimum absolute atomic E-state index is 0.0820. The lowest BCUT2D eigenvalue weighted by Gasteiger charge is -2.57. The zero-order chi connectivity index (χ0) is 24.4. The lowest BCUT2D eigenvalue weighted by Crippen LogP contribution is -2.70. The van der Waals surface area contributed by atoms with E-state index in [0.29, 0.717) is 17.8 Å². The second kappa shape index (κ2) is 7.96. The molecular weight excluding hydrogens is 560 g/mol. The molecule has 10 heteroatoms. The summed E-state index contributed by atoms with van der Waals surface area (Å²) >= 11 is 1.79. The Labute approximate surface area is 207 Å². The molecule has 5 rings (SSSR count). The maximum Gasteiger partial charge on any atom is 0.416 e.